The Hall–Kier alpha value is -1.50. The first-order chi connectivity index (χ1) is 6.84. The van der Waals surface area contributed by atoms with Gasteiger partial charge in [0.15, 0.2) is 0 Å². The van der Waals surface area contributed by atoms with Crippen LogP contribution < -0.4 is 0 Å². The van der Waals surface area contributed by atoms with Crippen LogP contribution in [0.5, 0.6) is 0 Å². The molecule has 2 unspecified atom stereocenters. The van der Waals surface area contributed by atoms with Crippen molar-refractivity contribution in [2.24, 2.45) is 5.92 Å². The van der Waals surface area contributed by atoms with E-state index in [1.54, 1.807) is 6.26 Å². The van der Waals surface area contributed by atoms with E-state index in [1.807, 2.05) is 0 Å². The molecule has 2 atom stereocenters. The van der Waals surface area contributed by atoms with E-state index < -0.39 is 0 Å². The summed E-state index contributed by atoms with van der Waals surface area (Å²) in [6.45, 7) is 2.13. The Morgan fingerprint density at radius 3 is 2.86 bits per heavy atom. The fourth-order valence-electron chi connectivity index (χ4n) is 2.21. The van der Waals surface area contributed by atoms with Crippen LogP contribution in [-0.2, 0) is 4.74 Å². The van der Waals surface area contributed by atoms with Crippen LogP contribution in [0.2, 0.25) is 0 Å². The Kier molecular flexibility index (Phi) is 1.54. The van der Waals surface area contributed by atoms with Gasteiger partial charge in [0.2, 0.25) is 0 Å². The Morgan fingerprint density at radius 1 is 1.07 bits per heavy atom. The van der Waals surface area contributed by atoms with Crippen LogP contribution in [0.25, 0.3) is 0 Å². The molecule has 1 aliphatic heterocycles. The molecule has 0 amide bonds. The maximum atomic E-state index is 5.61. The second-order valence-electron chi connectivity index (χ2n) is 3.96. The van der Waals surface area contributed by atoms with Gasteiger partial charge in [-0.2, -0.15) is 0 Å². The van der Waals surface area contributed by atoms with Crippen molar-refractivity contribution in [1.82, 2.24) is 0 Å². The van der Waals surface area contributed by atoms with Crippen LogP contribution in [0.4, 0.5) is 0 Å². The lowest BCUT2D eigenvalue weighted by atomic mass is 9.81. The second-order valence-corrected chi connectivity index (χ2v) is 3.96. The SMILES string of the molecule is CC1=CC2C(=CC=C3C=COC32)C=C1. The standard InChI is InChI=1S/C13H12O/c1-9-2-3-10-4-5-11-6-7-14-13(11)12(10)8-9/h2-8,12-13H,1H3. The summed E-state index contributed by atoms with van der Waals surface area (Å²) in [5, 5.41) is 0. The lowest BCUT2D eigenvalue weighted by Crippen LogP contribution is -2.24. The number of fused-ring (bicyclic) bond motifs is 3. The van der Waals surface area contributed by atoms with E-state index in [9.17, 15) is 0 Å². The molecule has 70 valence electrons. The molecular formula is C13H12O. The third kappa shape index (κ3) is 1.02. The van der Waals surface area contributed by atoms with Crippen molar-refractivity contribution in [3.8, 4) is 0 Å². The molecule has 2 aliphatic carbocycles. The van der Waals surface area contributed by atoms with Crippen molar-refractivity contribution in [3.63, 3.8) is 0 Å². The fourth-order valence-corrected chi connectivity index (χ4v) is 2.21. The Labute approximate surface area is 83.8 Å². The van der Waals surface area contributed by atoms with Gasteiger partial charge >= 0.3 is 0 Å². The zero-order valence-electron chi connectivity index (χ0n) is 8.10. The van der Waals surface area contributed by atoms with Crippen molar-refractivity contribution in [3.05, 3.63) is 59.4 Å². The normalized spacial score (nSPS) is 32.5. The lowest BCUT2D eigenvalue weighted by Gasteiger charge is -2.28. The second kappa shape index (κ2) is 2.74. The van der Waals surface area contributed by atoms with Gasteiger partial charge in [0.1, 0.15) is 6.10 Å². The van der Waals surface area contributed by atoms with Gasteiger partial charge in [-0.3, -0.25) is 0 Å². The third-order valence-electron chi connectivity index (χ3n) is 2.97. The molecule has 0 bridgehead atoms. The summed E-state index contributed by atoms with van der Waals surface area (Å²) in [4.78, 5) is 0. The summed E-state index contributed by atoms with van der Waals surface area (Å²) in [6, 6.07) is 0. The van der Waals surface area contributed by atoms with Crippen LogP contribution >= 0.6 is 0 Å². The van der Waals surface area contributed by atoms with Crippen LogP contribution in [-0.4, -0.2) is 6.10 Å². The van der Waals surface area contributed by atoms with Gasteiger partial charge in [0, 0.05) is 5.92 Å². The first-order valence-electron chi connectivity index (χ1n) is 4.95. The summed E-state index contributed by atoms with van der Waals surface area (Å²) in [6.07, 6.45) is 15.0. The molecule has 0 aromatic heterocycles. The van der Waals surface area contributed by atoms with Gasteiger partial charge in [-0.1, -0.05) is 36.0 Å². The van der Waals surface area contributed by atoms with Crippen LogP contribution in [0.1, 0.15) is 6.92 Å². The first kappa shape index (κ1) is 7.86. The van der Waals surface area contributed by atoms with Gasteiger partial charge in [0.25, 0.3) is 0 Å². The highest BCUT2D eigenvalue weighted by Gasteiger charge is 2.31. The maximum Gasteiger partial charge on any atom is 0.133 e. The van der Waals surface area contributed by atoms with Gasteiger partial charge < -0.3 is 4.74 Å². The van der Waals surface area contributed by atoms with Crippen LogP contribution in [0.15, 0.2) is 59.4 Å². The molecular weight excluding hydrogens is 172 g/mol. The van der Waals surface area contributed by atoms with Crippen LogP contribution in [0, 0.1) is 5.92 Å². The Balaban J connectivity index is 2.06. The topological polar surface area (TPSA) is 9.23 Å². The minimum atomic E-state index is 0.217. The highest BCUT2D eigenvalue weighted by atomic mass is 16.5. The summed E-state index contributed by atoms with van der Waals surface area (Å²) in [5.74, 6) is 0.412. The van der Waals surface area contributed by atoms with Gasteiger partial charge in [-0.15, -0.1) is 0 Å². The van der Waals surface area contributed by atoms with Crippen molar-refractivity contribution in [1.29, 1.82) is 0 Å². The molecule has 3 rings (SSSR count). The number of hydrogen-bond acceptors (Lipinski definition) is 1. The highest BCUT2D eigenvalue weighted by molar-refractivity contribution is 5.48. The molecule has 0 aromatic carbocycles. The van der Waals surface area contributed by atoms with Crippen molar-refractivity contribution in [2.75, 3.05) is 0 Å². The Morgan fingerprint density at radius 2 is 1.93 bits per heavy atom. The number of allylic oxidation sites excluding steroid dienone is 5. The molecule has 0 spiro atoms. The highest BCUT2D eigenvalue weighted by Crippen LogP contribution is 2.36. The minimum absolute atomic E-state index is 0.217. The van der Waals surface area contributed by atoms with Gasteiger partial charge in [-0.25, -0.2) is 0 Å². The van der Waals surface area contributed by atoms with Gasteiger partial charge in [-0.05, 0) is 24.1 Å². The molecule has 14 heavy (non-hydrogen) atoms. The number of hydrogen-bond donors (Lipinski definition) is 0. The Bertz CT molecular complexity index is 419. The molecule has 1 nitrogen and oxygen atoms in total. The van der Waals surface area contributed by atoms with E-state index >= 15 is 0 Å². The van der Waals surface area contributed by atoms with Gasteiger partial charge in [0.05, 0.1) is 6.26 Å². The average molecular weight is 184 g/mol. The van der Waals surface area contributed by atoms with E-state index in [4.69, 9.17) is 4.74 Å². The molecule has 0 saturated heterocycles. The molecule has 0 saturated carbocycles. The summed E-state index contributed by atoms with van der Waals surface area (Å²) < 4.78 is 5.61. The van der Waals surface area contributed by atoms with Crippen molar-refractivity contribution >= 4 is 0 Å². The zero-order valence-corrected chi connectivity index (χ0v) is 8.10. The molecule has 0 radical (unpaired) electrons. The molecule has 0 N–H and O–H groups in total. The molecule has 0 fully saturated rings. The zero-order chi connectivity index (χ0) is 9.54. The van der Waals surface area contributed by atoms with E-state index in [0.717, 1.165) is 0 Å². The average Bonchev–Trinajstić information content (AvgIpc) is 2.65. The van der Waals surface area contributed by atoms with Crippen molar-refractivity contribution < 1.29 is 4.74 Å². The van der Waals surface area contributed by atoms with E-state index in [1.165, 1.54) is 16.7 Å². The summed E-state index contributed by atoms with van der Waals surface area (Å²) in [5.41, 5.74) is 3.97. The van der Waals surface area contributed by atoms with E-state index in [-0.39, 0.29) is 6.10 Å². The fraction of sp³-hybridized carbons (Fsp3) is 0.231. The molecule has 3 aliphatic rings. The summed E-state index contributed by atoms with van der Waals surface area (Å²) >= 11 is 0. The predicted molar refractivity (Wildman–Crippen MR) is 56.6 cm³/mol. The third-order valence-corrected chi connectivity index (χ3v) is 2.97. The van der Waals surface area contributed by atoms with E-state index in [2.05, 4.69) is 43.4 Å². The molecule has 1 heterocycles. The van der Waals surface area contributed by atoms with Crippen molar-refractivity contribution in [2.45, 2.75) is 13.0 Å². The summed E-state index contributed by atoms with van der Waals surface area (Å²) in [7, 11) is 0. The van der Waals surface area contributed by atoms with Crippen LogP contribution in [0.3, 0.4) is 0 Å². The predicted octanol–water partition coefficient (Wildman–Crippen LogP) is 2.90. The number of ether oxygens (including phenoxy) is 1. The minimum Gasteiger partial charge on any atom is -0.492 e. The smallest absolute Gasteiger partial charge is 0.133 e. The first-order valence-corrected chi connectivity index (χ1v) is 4.95. The quantitative estimate of drug-likeness (QED) is 0.562. The monoisotopic (exact) mass is 184 g/mol. The lowest BCUT2D eigenvalue weighted by molar-refractivity contribution is 0.168. The largest absolute Gasteiger partial charge is 0.492 e. The number of rotatable bonds is 0. The molecule has 1 heteroatoms. The molecule has 0 aromatic rings. The maximum absolute atomic E-state index is 5.61. The van der Waals surface area contributed by atoms with E-state index in [0.29, 0.717) is 5.92 Å².